The van der Waals surface area contributed by atoms with E-state index in [1.54, 1.807) is 18.3 Å². The van der Waals surface area contributed by atoms with Crippen LogP contribution in [-0.4, -0.2) is 27.4 Å². The second-order valence-electron chi connectivity index (χ2n) is 4.49. The summed E-state index contributed by atoms with van der Waals surface area (Å²) in [5, 5.41) is 11.3. The van der Waals surface area contributed by atoms with Crippen molar-refractivity contribution in [2.45, 2.75) is 26.2 Å². The van der Waals surface area contributed by atoms with Crippen molar-refractivity contribution in [2.24, 2.45) is 0 Å². The molecule has 1 amide bonds. The number of amides is 1. The Morgan fingerprint density at radius 1 is 1.40 bits per heavy atom. The zero-order chi connectivity index (χ0) is 14.4. The largest absolute Gasteiger partial charge is 0.351 e. The van der Waals surface area contributed by atoms with E-state index in [0.717, 1.165) is 24.9 Å². The van der Waals surface area contributed by atoms with Gasteiger partial charge in [0.05, 0.1) is 11.9 Å². The minimum absolute atomic E-state index is 0.200. The lowest BCUT2D eigenvalue weighted by Crippen LogP contribution is -2.24. The van der Waals surface area contributed by atoms with Crippen LogP contribution in [0.2, 0.25) is 5.02 Å². The fourth-order valence-corrected chi connectivity index (χ4v) is 1.96. The molecule has 106 valence electrons. The lowest BCUT2D eigenvalue weighted by Gasteiger charge is -2.01. The summed E-state index contributed by atoms with van der Waals surface area (Å²) >= 11 is 5.92. The summed E-state index contributed by atoms with van der Waals surface area (Å²) in [6.45, 7) is 2.79. The number of halogens is 1. The molecule has 0 aliphatic heterocycles. The van der Waals surface area contributed by atoms with Crippen LogP contribution in [0.3, 0.4) is 0 Å². The van der Waals surface area contributed by atoms with Gasteiger partial charge in [0.1, 0.15) is 0 Å². The molecule has 0 saturated heterocycles. The maximum Gasteiger partial charge on any atom is 0.273 e. The monoisotopic (exact) mass is 292 g/mol. The van der Waals surface area contributed by atoms with Crippen molar-refractivity contribution in [2.75, 3.05) is 6.54 Å². The number of benzene rings is 1. The topological polar surface area (TPSA) is 59.8 Å². The van der Waals surface area contributed by atoms with Gasteiger partial charge >= 0.3 is 0 Å². The number of hydrogen-bond acceptors (Lipinski definition) is 3. The number of hydrogen-bond donors (Lipinski definition) is 1. The third kappa shape index (κ3) is 3.81. The normalized spacial score (nSPS) is 10.5. The van der Waals surface area contributed by atoms with Gasteiger partial charge in [-0.15, -0.1) is 5.10 Å². The molecule has 0 atom stereocenters. The minimum Gasteiger partial charge on any atom is -0.351 e. The second kappa shape index (κ2) is 7.05. The lowest BCUT2D eigenvalue weighted by atomic mass is 10.2. The predicted octanol–water partition coefficient (Wildman–Crippen LogP) is 2.84. The number of aromatic nitrogens is 3. The molecule has 1 aromatic heterocycles. The van der Waals surface area contributed by atoms with Gasteiger partial charge in [-0.2, -0.15) is 0 Å². The Bertz CT molecular complexity index is 582. The van der Waals surface area contributed by atoms with Crippen LogP contribution in [-0.2, 0) is 0 Å². The van der Waals surface area contributed by atoms with Gasteiger partial charge in [0.25, 0.3) is 5.91 Å². The average Bonchev–Trinajstić information content (AvgIpc) is 2.93. The van der Waals surface area contributed by atoms with E-state index < -0.39 is 0 Å². The van der Waals surface area contributed by atoms with Gasteiger partial charge in [-0.1, -0.05) is 42.6 Å². The summed E-state index contributed by atoms with van der Waals surface area (Å²) in [6, 6.07) is 7.22. The standard InChI is InChI=1S/C14H17ClN4O/c1-2-3-4-8-16-14(20)13-10-19(18-17-13)12-7-5-6-11(15)9-12/h5-7,9-10H,2-4,8H2,1H3,(H,16,20). The van der Waals surface area contributed by atoms with Crippen molar-refractivity contribution < 1.29 is 4.79 Å². The van der Waals surface area contributed by atoms with Crippen LogP contribution in [0.1, 0.15) is 36.7 Å². The van der Waals surface area contributed by atoms with E-state index in [-0.39, 0.29) is 5.91 Å². The summed E-state index contributed by atoms with van der Waals surface area (Å²) in [7, 11) is 0. The third-order valence-corrected chi connectivity index (χ3v) is 3.10. The van der Waals surface area contributed by atoms with Crippen LogP contribution >= 0.6 is 11.6 Å². The Labute approximate surface area is 122 Å². The number of nitrogens with one attached hydrogen (secondary N) is 1. The molecule has 0 radical (unpaired) electrons. The Morgan fingerprint density at radius 2 is 2.25 bits per heavy atom. The Hall–Kier alpha value is -1.88. The molecule has 0 bridgehead atoms. The van der Waals surface area contributed by atoms with E-state index in [1.165, 1.54) is 4.68 Å². The first-order valence-electron chi connectivity index (χ1n) is 6.67. The first kappa shape index (κ1) is 14.5. The van der Waals surface area contributed by atoms with E-state index in [1.807, 2.05) is 12.1 Å². The summed E-state index contributed by atoms with van der Waals surface area (Å²) in [5.41, 5.74) is 1.08. The number of carbonyl (C=O) groups excluding carboxylic acids is 1. The van der Waals surface area contributed by atoms with Crippen LogP contribution in [0, 0.1) is 0 Å². The van der Waals surface area contributed by atoms with Crippen LogP contribution in [0.4, 0.5) is 0 Å². The molecule has 0 spiro atoms. The first-order chi connectivity index (χ1) is 9.70. The minimum atomic E-state index is -0.200. The second-order valence-corrected chi connectivity index (χ2v) is 4.93. The molecule has 1 N–H and O–H groups in total. The Kier molecular flexibility index (Phi) is 5.12. The molecular weight excluding hydrogens is 276 g/mol. The molecule has 5 nitrogen and oxygen atoms in total. The van der Waals surface area contributed by atoms with Crippen molar-refractivity contribution in [3.05, 3.63) is 41.2 Å². The molecule has 0 unspecified atom stereocenters. The van der Waals surface area contributed by atoms with Gasteiger partial charge in [-0.25, -0.2) is 4.68 Å². The zero-order valence-corrected chi connectivity index (χ0v) is 12.1. The molecule has 0 fully saturated rings. The first-order valence-corrected chi connectivity index (χ1v) is 7.05. The van der Waals surface area contributed by atoms with Crippen molar-refractivity contribution in [3.63, 3.8) is 0 Å². The smallest absolute Gasteiger partial charge is 0.273 e. The van der Waals surface area contributed by atoms with Crippen LogP contribution in [0.25, 0.3) is 5.69 Å². The number of unbranched alkanes of at least 4 members (excludes halogenated alkanes) is 2. The quantitative estimate of drug-likeness (QED) is 0.833. The van der Waals surface area contributed by atoms with Crippen LogP contribution in [0.15, 0.2) is 30.5 Å². The van der Waals surface area contributed by atoms with Gasteiger partial charge in [-0.05, 0) is 24.6 Å². The average molecular weight is 293 g/mol. The SMILES string of the molecule is CCCCCNC(=O)c1cn(-c2cccc(Cl)c2)nn1. The van der Waals surface area contributed by atoms with Gasteiger partial charge in [0.15, 0.2) is 5.69 Å². The summed E-state index contributed by atoms with van der Waals surface area (Å²) < 4.78 is 1.53. The molecule has 20 heavy (non-hydrogen) atoms. The molecule has 1 aromatic carbocycles. The molecule has 1 heterocycles. The van der Waals surface area contributed by atoms with Gasteiger partial charge in [-0.3, -0.25) is 4.79 Å². The molecule has 0 aliphatic rings. The van der Waals surface area contributed by atoms with E-state index in [9.17, 15) is 4.79 Å². The van der Waals surface area contributed by atoms with Crippen LogP contribution in [0.5, 0.6) is 0 Å². The van der Waals surface area contributed by atoms with E-state index >= 15 is 0 Å². The zero-order valence-electron chi connectivity index (χ0n) is 11.3. The van der Waals surface area contributed by atoms with Gasteiger partial charge in [0.2, 0.25) is 0 Å². The van der Waals surface area contributed by atoms with Crippen LogP contribution < -0.4 is 5.32 Å². The highest BCUT2D eigenvalue weighted by Gasteiger charge is 2.10. The highest BCUT2D eigenvalue weighted by molar-refractivity contribution is 6.30. The fourth-order valence-electron chi connectivity index (χ4n) is 1.78. The van der Waals surface area contributed by atoms with Crippen molar-refractivity contribution in [1.82, 2.24) is 20.3 Å². The molecule has 0 saturated carbocycles. The molecular formula is C14H17ClN4O. The fraction of sp³-hybridized carbons (Fsp3) is 0.357. The number of nitrogens with zero attached hydrogens (tertiary/aromatic N) is 3. The Morgan fingerprint density at radius 3 is 3.00 bits per heavy atom. The van der Waals surface area contributed by atoms with Crippen molar-refractivity contribution >= 4 is 17.5 Å². The van der Waals surface area contributed by atoms with Gasteiger partial charge in [0, 0.05) is 11.6 Å². The molecule has 2 aromatic rings. The highest BCUT2D eigenvalue weighted by atomic mass is 35.5. The third-order valence-electron chi connectivity index (χ3n) is 2.86. The summed E-state index contributed by atoms with van der Waals surface area (Å²) in [4.78, 5) is 11.9. The summed E-state index contributed by atoms with van der Waals surface area (Å²) in [6.07, 6.45) is 4.81. The van der Waals surface area contributed by atoms with E-state index in [4.69, 9.17) is 11.6 Å². The maximum absolute atomic E-state index is 11.9. The lowest BCUT2D eigenvalue weighted by molar-refractivity contribution is 0.0948. The van der Waals surface area contributed by atoms with Crippen molar-refractivity contribution in [3.8, 4) is 5.69 Å². The summed E-state index contributed by atoms with van der Waals surface area (Å²) in [5.74, 6) is -0.200. The maximum atomic E-state index is 11.9. The highest BCUT2D eigenvalue weighted by Crippen LogP contribution is 2.13. The van der Waals surface area contributed by atoms with E-state index in [2.05, 4.69) is 22.6 Å². The number of carbonyl (C=O) groups is 1. The molecule has 6 heteroatoms. The number of rotatable bonds is 6. The molecule has 0 aliphatic carbocycles. The van der Waals surface area contributed by atoms with E-state index in [0.29, 0.717) is 17.3 Å². The van der Waals surface area contributed by atoms with Crippen molar-refractivity contribution in [1.29, 1.82) is 0 Å². The Balaban J connectivity index is 2.00. The van der Waals surface area contributed by atoms with Gasteiger partial charge < -0.3 is 5.32 Å². The molecule has 2 rings (SSSR count). The predicted molar refractivity (Wildman–Crippen MR) is 78.2 cm³/mol.